The van der Waals surface area contributed by atoms with E-state index < -0.39 is 6.04 Å². The van der Waals surface area contributed by atoms with Gasteiger partial charge in [0.1, 0.15) is 5.82 Å². The number of nitrogens with zero attached hydrogens (tertiary/aromatic N) is 2. The zero-order valence-electron chi connectivity index (χ0n) is 15.9. The molecule has 3 aromatic rings. The van der Waals surface area contributed by atoms with Crippen molar-refractivity contribution in [1.29, 1.82) is 0 Å². The van der Waals surface area contributed by atoms with Crippen molar-refractivity contribution in [3.05, 3.63) is 64.9 Å². The Morgan fingerprint density at radius 1 is 1.14 bits per heavy atom. The van der Waals surface area contributed by atoms with Gasteiger partial charge < -0.3 is 15.2 Å². The van der Waals surface area contributed by atoms with Crippen molar-refractivity contribution in [3.63, 3.8) is 0 Å². The van der Waals surface area contributed by atoms with Crippen LogP contribution >= 0.6 is 11.6 Å². The number of imidazole rings is 1. The van der Waals surface area contributed by atoms with Gasteiger partial charge in [-0.15, -0.1) is 0 Å². The molecule has 0 saturated heterocycles. The topological polar surface area (TPSA) is 76.0 Å². The summed E-state index contributed by atoms with van der Waals surface area (Å²) in [6.45, 7) is 4.50. The number of hydrogen-bond acceptors (Lipinski definition) is 3. The summed E-state index contributed by atoms with van der Waals surface area (Å²) in [5, 5.41) is 6.37. The molecule has 0 saturated carbocycles. The number of aryl methyl sites for hydroxylation is 1. The first-order valence-electron chi connectivity index (χ1n) is 9.15. The predicted octanol–water partition coefficient (Wildman–Crippen LogP) is 3.38. The number of benzene rings is 2. The molecule has 2 N–H and O–H groups in total. The minimum atomic E-state index is -0.398. The minimum Gasteiger partial charge on any atom is -0.354 e. The normalized spacial score (nSPS) is 12.0. The number of para-hydroxylation sites is 2. The van der Waals surface area contributed by atoms with E-state index in [1.165, 1.54) is 6.92 Å². The van der Waals surface area contributed by atoms with E-state index >= 15 is 0 Å². The average molecular weight is 399 g/mol. The summed E-state index contributed by atoms with van der Waals surface area (Å²) in [6, 6.07) is 14.7. The molecular formula is C21H23ClN4O2. The van der Waals surface area contributed by atoms with Gasteiger partial charge in [-0.05, 0) is 36.8 Å². The zero-order valence-corrected chi connectivity index (χ0v) is 16.7. The number of fused-ring (bicyclic) bond motifs is 1. The number of amides is 2. The second-order valence-electron chi connectivity index (χ2n) is 6.66. The van der Waals surface area contributed by atoms with Crippen molar-refractivity contribution in [3.8, 4) is 0 Å². The van der Waals surface area contributed by atoms with Gasteiger partial charge in [-0.25, -0.2) is 4.98 Å². The number of halogens is 1. The first kappa shape index (κ1) is 19.9. The van der Waals surface area contributed by atoms with Crippen LogP contribution in [0.3, 0.4) is 0 Å². The third kappa shape index (κ3) is 4.89. The molecule has 2 aromatic carbocycles. The molecule has 1 unspecified atom stereocenters. The lowest BCUT2D eigenvalue weighted by Crippen LogP contribution is -2.34. The number of aromatic nitrogens is 2. The first-order chi connectivity index (χ1) is 13.4. The van der Waals surface area contributed by atoms with E-state index in [0.29, 0.717) is 18.1 Å². The molecule has 0 aliphatic carbocycles. The van der Waals surface area contributed by atoms with Crippen molar-refractivity contribution in [1.82, 2.24) is 20.2 Å². The molecule has 146 valence electrons. The number of carbonyl (C=O) groups excluding carboxylic acids is 2. The lowest BCUT2D eigenvalue weighted by atomic mass is 10.0. The largest absolute Gasteiger partial charge is 0.354 e. The van der Waals surface area contributed by atoms with Crippen molar-refractivity contribution in [2.45, 2.75) is 32.9 Å². The summed E-state index contributed by atoms with van der Waals surface area (Å²) in [7, 11) is 0. The van der Waals surface area contributed by atoms with Crippen molar-refractivity contribution in [2.75, 3.05) is 6.54 Å². The molecule has 28 heavy (non-hydrogen) atoms. The van der Waals surface area contributed by atoms with E-state index in [0.717, 1.165) is 22.4 Å². The zero-order chi connectivity index (χ0) is 20.1. The number of rotatable bonds is 7. The molecule has 0 aliphatic rings. The molecule has 0 spiro atoms. The summed E-state index contributed by atoms with van der Waals surface area (Å²) < 4.78 is 2.08. The Hall–Kier alpha value is -2.86. The Labute approximate surface area is 168 Å². The fourth-order valence-corrected chi connectivity index (χ4v) is 3.36. The van der Waals surface area contributed by atoms with Crippen LogP contribution in [0.2, 0.25) is 5.02 Å². The van der Waals surface area contributed by atoms with Crippen LogP contribution in [0.4, 0.5) is 0 Å². The molecule has 6 nitrogen and oxygen atoms in total. The maximum atomic E-state index is 12.4. The van der Waals surface area contributed by atoms with Gasteiger partial charge in [0, 0.05) is 25.0 Å². The van der Waals surface area contributed by atoms with Gasteiger partial charge in [0.25, 0.3) is 0 Å². The van der Waals surface area contributed by atoms with Gasteiger partial charge in [-0.2, -0.15) is 0 Å². The summed E-state index contributed by atoms with van der Waals surface area (Å²) >= 11 is 5.93. The lowest BCUT2D eigenvalue weighted by molar-refractivity contribution is -0.122. The highest BCUT2D eigenvalue weighted by Crippen LogP contribution is 2.19. The predicted molar refractivity (Wildman–Crippen MR) is 110 cm³/mol. The molecule has 0 aliphatic heterocycles. The van der Waals surface area contributed by atoms with Crippen LogP contribution in [0.5, 0.6) is 0 Å². The Kier molecular flexibility index (Phi) is 6.31. The summed E-state index contributed by atoms with van der Waals surface area (Å²) in [5.41, 5.74) is 2.83. The third-order valence-electron chi connectivity index (χ3n) is 4.54. The Morgan fingerprint density at radius 3 is 2.57 bits per heavy atom. The van der Waals surface area contributed by atoms with Gasteiger partial charge in [0.15, 0.2) is 0 Å². The molecule has 7 heteroatoms. The van der Waals surface area contributed by atoms with E-state index in [9.17, 15) is 9.59 Å². The second kappa shape index (κ2) is 8.89. The number of carbonyl (C=O) groups is 2. The minimum absolute atomic E-state index is 0.129. The van der Waals surface area contributed by atoms with E-state index in [2.05, 4.69) is 20.2 Å². The molecule has 1 heterocycles. The highest BCUT2D eigenvalue weighted by Gasteiger charge is 2.17. The molecule has 3 rings (SSSR count). The third-order valence-corrected chi connectivity index (χ3v) is 4.79. The standard InChI is InChI=1S/C21H23ClN4O2/c1-14-24-18-5-3-4-6-20(18)26(14)12-11-23-21(28)13-19(25-15(2)27)16-7-9-17(22)10-8-16/h3-10,19H,11-13H2,1-2H3,(H,23,28)(H,25,27). The lowest BCUT2D eigenvalue weighted by Gasteiger charge is -2.18. The highest BCUT2D eigenvalue weighted by molar-refractivity contribution is 6.30. The monoisotopic (exact) mass is 398 g/mol. The van der Waals surface area contributed by atoms with Gasteiger partial charge in [0.2, 0.25) is 11.8 Å². The van der Waals surface area contributed by atoms with Crippen molar-refractivity contribution in [2.24, 2.45) is 0 Å². The molecule has 0 bridgehead atoms. The summed E-state index contributed by atoms with van der Waals surface area (Å²) in [4.78, 5) is 28.5. The molecule has 1 aromatic heterocycles. The maximum Gasteiger partial charge on any atom is 0.222 e. The SMILES string of the molecule is CC(=O)NC(CC(=O)NCCn1c(C)nc2ccccc21)c1ccc(Cl)cc1. The van der Waals surface area contributed by atoms with Crippen LogP contribution < -0.4 is 10.6 Å². The second-order valence-corrected chi connectivity index (χ2v) is 7.09. The molecular weight excluding hydrogens is 376 g/mol. The smallest absolute Gasteiger partial charge is 0.222 e. The van der Waals surface area contributed by atoms with Gasteiger partial charge in [0.05, 0.1) is 23.5 Å². The summed E-state index contributed by atoms with van der Waals surface area (Å²) in [6.07, 6.45) is 0.158. The van der Waals surface area contributed by atoms with Crippen LogP contribution in [0.15, 0.2) is 48.5 Å². The molecule has 2 amide bonds. The van der Waals surface area contributed by atoms with Crippen LogP contribution in [0.1, 0.15) is 30.8 Å². The average Bonchev–Trinajstić information content (AvgIpc) is 2.97. The van der Waals surface area contributed by atoms with Crippen molar-refractivity contribution >= 4 is 34.4 Å². The van der Waals surface area contributed by atoms with E-state index in [1.807, 2.05) is 43.3 Å². The van der Waals surface area contributed by atoms with Gasteiger partial charge in [-0.3, -0.25) is 9.59 Å². The van der Waals surface area contributed by atoms with Crippen LogP contribution in [0, 0.1) is 6.92 Å². The molecule has 0 radical (unpaired) electrons. The van der Waals surface area contributed by atoms with E-state index in [4.69, 9.17) is 11.6 Å². The molecule has 0 fully saturated rings. The van der Waals surface area contributed by atoms with Crippen LogP contribution in [-0.2, 0) is 16.1 Å². The van der Waals surface area contributed by atoms with Crippen molar-refractivity contribution < 1.29 is 9.59 Å². The fourth-order valence-electron chi connectivity index (χ4n) is 3.24. The number of nitrogens with one attached hydrogen (secondary N) is 2. The number of hydrogen-bond donors (Lipinski definition) is 2. The highest BCUT2D eigenvalue weighted by atomic mass is 35.5. The Bertz CT molecular complexity index is 982. The van der Waals surface area contributed by atoms with E-state index in [-0.39, 0.29) is 18.2 Å². The summed E-state index contributed by atoms with van der Waals surface area (Å²) in [5.74, 6) is 0.594. The Balaban J connectivity index is 1.60. The molecule has 1 atom stereocenters. The first-order valence-corrected chi connectivity index (χ1v) is 9.53. The Morgan fingerprint density at radius 2 is 1.86 bits per heavy atom. The van der Waals surface area contributed by atoms with Crippen LogP contribution in [0.25, 0.3) is 11.0 Å². The maximum absolute atomic E-state index is 12.4. The van der Waals surface area contributed by atoms with Gasteiger partial charge >= 0.3 is 0 Å². The van der Waals surface area contributed by atoms with Gasteiger partial charge in [-0.1, -0.05) is 35.9 Å². The van der Waals surface area contributed by atoms with Crippen LogP contribution in [-0.4, -0.2) is 27.9 Å². The van der Waals surface area contributed by atoms with E-state index in [1.54, 1.807) is 12.1 Å². The quantitative estimate of drug-likeness (QED) is 0.640. The fraction of sp³-hybridized carbons (Fsp3) is 0.286.